The number of nitrogen functional groups attached to an aromatic ring is 2. The third-order valence-electron chi connectivity index (χ3n) is 2.36. The Morgan fingerprint density at radius 2 is 1.65 bits per heavy atom. The van der Waals surface area contributed by atoms with Crippen molar-refractivity contribution in [3.05, 3.63) is 48.0 Å². The van der Waals surface area contributed by atoms with Gasteiger partial charge >= 0.3 is 0 Å². The highest BCUT2D eigenvalue weighted by molar-refractivity contribution is 5.55. The van der Waals surface area contributed by atoms with Gasteiger partial charge in [-0.05, 0) is 48.9 Å². The molecule has 2 aromatic carbocycles. The van der Waals surface area contributed by atoms with Crippen LogP contribution in [-0.2, 0) is 0 Å². The molecule has 4 heteroatoms. The Morgan fingerprint density at radius 3 is 2.35 bits per heavy atom. The SMILES string of the molecule is Cc1cc(N)ccc1N=Nc1cccc(N)c1. The summed E-state index contributed by atoms with van der Waals surface area (Å²) < 4.78 is 0. The Labute approximate surface area is 100.0 Å². The van der Waals surface area contributed by atoms with Crippen molar-refractivity contribution < 1.29 is 0 Å². The highest BCUT2D eigenvalue weighted by atomic mass is 15.1. The quantitative estimate of drug-likeness (QED) is 0.606. The summed E-state index contributed by atoms with van der Waals surface area (Å²) in [6.45, 7) is 1.95. The molecule has 0 radical (unpaired) electrons. The average Bonchev–Trinajstić information content (AvgIpc) is 2.28. The number of nitrogens with two attached hydrogens (primary N) is 2. The molecule has 0 amide bonds. The molecule has 0 aromatic heterocycles. The van der Waals surface area contributed by atoms with Crippen molar-refractivity contribution in [2.75, 3.05) is 11.5 Å². The van der Waals surface area contributed by atoms with Crippen molar-refractivity contribution in [3.8, 4) is 0 Å². The Balaban J connectivity index is 2.26. The van der Waals surface area contributed by atoms with Crippen molar-refractivity contribution >= 4 is 22.7 Å². The molecule has 17 heavy (non-hydrogen) atoms. The van der Waals surface area contributed by atoms with Crippen LogP contribution in [0.3, 0.4) is 0 Å². The van der Waals surface area contributed by atoms with Crippen LogP contribution in [-0.4, -0.2) is 0 Å². The first-order chi connectivity index (χ1) is 8.15. The van der Waals surface area contributed by atoms with Crippen LogP contribution in [0.4, 0.5) is 22.7 Å². The van der Waals surface area contributed by atoms with Gasteiger partial charge in [0.05, 0.1) is 11.4 Å². The molecule has 0 atom stereocenters. The van der Waals surface area contributed by atoms with Crippen LogP contribution in [0.2, 0.25) is 0 Å². The molecule has 0 aliphatic carbocycles. The maximum absolute atomic E-state index is 5.67. The lowest BCUT2D eigenvalue weighted by molar-refractivity contribution is 1.21. The summed E-state index contributed by atoms with van der Waals surface area (Å²) in [6.07, 6.45) is 0. The van der Waals surface area contributed by atoms with E-state index in [0.29, 0.717) is 5.69 Å². The normalized spacial score (nSPS) is 10.9. The molecule has 86 valence electrons. The number of benzene rings is 2. The number of hydrogen-bond donors (Lipinski definition) is 2. The van der Waals surface area contributed by atoms with E-state index in [4.69, 9.17) is 11.5 Å². The van der Waals surface area contributed by atoms with Gasteiger partial charge in [-0.25, -0.2) is 0 Å². The molecule has 0 heterocycles. The van der Waals surface area contributed by atoms with Crippen LogP contribution in [0, 0.1) is 6.92 Å². The topological polar surface area (TPSA) is 76.8 Å². The van der Waals surface area contributed by atoms with E-state index < -0.39 is 0 Å². The van der Waals surface area contributed by atoms with Gasteiger partial charge < -0.3 is 11.5 Å². The number of rotatable bonds is 2. The maximum atomic E-state index is 5.67. The van der Waals surface area contributed by atoms with Gasteiger partial charge in [0.1, 0.15) is 0 Å². The Morgan fingerprint density at radius 1 is 0.882 bits per heavy atom. The van der Waals surface area contributed by atoms with E-state index >= 15 is 0 Å². The van der Waals surface area contributed by atoms with E-state index in [1.54, 1.807) is 12.1 Å². The third kappa shape index (κ3) is 2.81. The summed E-state index contributed by atoms with van der Waals surface area (Å²) in [7, 11) is 0. The third-order valence-corrected chi connectivity index (χ3v) is 2.36. The molecular weight excluding hydrogens is 212 g/mol. The number of anilines is 2. The minimum absolute atomic E-state index is 0.676. The number of hydrogen-bond acceptors (Lipinski definition) is 4. The first-order valence-electron chi connectivity index (χ1n) is 5.28. The van der Waals surface area contributed by atoms with Gasteiger partial charge in [-0.2, -0.15) is 10.2 Å². The molecule has 2 rings (SSSR count). The molecule has 2 aromatic rings. The zero-order valence-corrected chi connectivity index (χ0v) is 9.59. The van der Waals surface area contributed by atoms with Gasteiger partial charge in [0.25, 0.3) is 0 Å². The molecule has 0 saturated heterocycles. The fourth-order valence-corrected chi connectivity index (χ4v) is 1.49. The standard InChI is InChI=1S/C13H14N4/c1-9-7-11(15)5-6-13(9)17-16-12-4-2-3-10(14)8-12/h2-8H,14-15H2,1H3. The first kappa shape index (κ1) is 11.1. The molecule has 0 saturated carbocycles. The minimum Gasteiger partial charge on any atom is -0.399 e. The van der Waals surface area contributed by atoms with Crippen LogP contribution in [0.25, 0.3) is 0 Å². The van der Waals surface area contributed by atoms with Crippen LogP contribution < -0.4 is 11.5 Å². The molecule has 0 unspecified atom stereocenters. The lowest BCUT2D eigenvalue weighted by atomic mass is 10.2. The largest absolute Gasteiger partial charge is 0.399 e. The van der Waals surface area contributed by atoms with Crippen LogP contribution in [0.15, 0.2) is 52.7 Å². The van der Waals surface area contributed by atoms with Gasteiger partial charge in [0, 0.05) is 11.4 Å². The molecule has 0 aliphatic rings. The van der Waals surface area contributed by atoms with Crippen molar-refractivity contribution in [2.45, 2.75) is 6.92 Å². The summed E-state index contributed by atoms with van der Waals surface area (Å²) in [5.41, 5.74) is 15.3. The molecule has 4 nitrogen and oxygen atoms in total. The van der Waals surface area contributed by atoms with Gasteiger partial charge in [0.2, 0.25) is 0 Å². The second-order valence-electron chi connectivity index (χ2n) is 3.84. The summed E-state index contributed by atoms with van der Waals surface area (Å²) in [6, 6.07) is 12.8. The molecule has 0 fully saturated rings. The van der Waals surface area contributed by atoms with E-state index in [1.807, 2.05) is 37.3 Å². The Kier molecular flexibility index (Phi) is 3.05. The zero-order chi connectivity index (χ0) is 12.3. The van der Waals surface area contributed by atoms with Crippen molar-refractivity contribution in [3.63, 3.8) is 0 Å². The van der Waals surface area contributed by atoms with Gasteiger partial charge in [-0.1, -0.05) is 6.07 Å². The van der Waals surface area contributed by atoms with E-state index in [0.717, 1.165) is 22.6 Å². The van der Waals surface area contributed by atoms with Crippen molar-refractivity contribution in [2.24, 2.45) is 10.2 Å². The lowest BCUT2D eigenvalue weighted by Gasteiger charge is -2.00. The van der Waals surface area contributed by atoms with Crippen molar-refractivity contribution in [1.82, 2.24) is 0 Å². The molecule has 0 bridgehead atoms. The monoisotopic (exact) mass is 226 g/mol. The molecule has 0 aliphatic heterocycles. The predicted octanol–water partition coefficient (Wildman–Crippen LogP) is 3.57. The van der Waals surface area contributed by atoms with Crippen LogP contribution in [0.5, 0.6) is 0 Å². The zero-order valence-electron chi connectivity index (χ0n) is 9.59. The van der Waals surface area contributed by atoms with Gasteiger partial charge in [-0.15, -0.1) is 0 Å². The second-order valence-corrected chi connectivity index (χ2v) is 3.84. The highest BCUT2D eigenvalue weighted by Crippen LogP contribution is 2.24. The van der Waals surface area contributed by atoms with Crippen LogP contribution >= 0.6 is 0 Å². The number of aryl methyl sites for hydroxylation is 1. The van der Waals surface area contributed by atoms with E-state index in [9.17, 15) is 0 Å². The fourth-order valence-electron chi connectivity index (χ4n) is 1.49. The molecular formula is C13H14N4. The Hall–Kier alpha value is -2.36. The number of azo groups is 1. The Bertz CT molecular complexity index is 561. The predicted molar refractivity (Wildman–Crippen MR) is 70.6 cm³/mol. The summed E-state index contributed by atoms with van der Waals surface area (Å²) in [4.78, 5) is 0. The lowest BCUT2D eigenvalue weighted by Crippen LogP contribution is -1.84. The summed E-state index contributed by atoms with van der Waals surface area (Å²) in [5.74, 6) is 0. The van der Waals surface area contributed by atoms with Gasteiger partial charge in [-0.3, -0.25) is 0 Å². The molecule has 4 N–H and O–H groups in total. The molecule has 0 spiro atoms. The second kappa shape index (κ2) is 4.65. The van der Waals surface area contributed by atoms with E-state index in [2.05, 4.69) is 10.2 Å². The minimum atomic E-state index is 0.676. The smallest absolute Gasteiger partial charge is 0.0887 e. The van der Waals surface area contributed by atoms with Crippen LogP contribution in [0.1, 0.15) is 5.56 Å². The summed E-state index contributed by atoms with van der Waals surface area (Å²) in [5, 5.41) is 8.30. The van der Waals surface area contributed by atoms with E-state index in [-0.39, 0.29) is 0 Å². The highest BCUT2D eigenvalue weighted by Gasteiger charge is 1.97. The van der Waals surface area contributed by atoms with Gasteiger partial charge in [0.15, 0.2) is 0 Å². The van der Waals surface area contributed by atoms with E-state index in [1.165, 1.54) is 0 Å². The maximum Gasteiger partial charge on any atom is 0.0887 e. The first-order valence-corrected chi connectivity index (χ1v) is 5.28. The fraction of sp³-hybridized carbons (Fsp3) is 0.0769. The number of nitrogens with zero attached hydrogens (tertiary/aromatic N) is 2. The van der Waals surface area contributed by atoms with Crippen molar-refractivity contribution in [1.29, 1.82) is 0 Å². The summed E-state index contributed by atoms with van der Waals surface area (Å²) >= 11 is 0. The average molecular weight is 226 g/mol.